The normalized spacial score (nSPS) is 33.0. The zero-order chi connectivity index (χ0) is 16.5. The van der Waals surface area contributed by atoms with Crippen LogP contribution in [-0.2, 0) is 10.5 Å². The van der Waals surface area contributed by atoms with Gasteiger partial charge in [0, 0.05) is 18.7 Å². The molecule has 1 saturated heterocycles. The van der Waals surface area contributed by atoms with Gasteiger partial charge >= 0.3 is 5.69 Å². The van der Waals surface area contributed by atoms with Crippen LogP contribution in [0, 0.1) is 0 Å². The Balaban J connectivity index is 2.51. The highest BCUT2D eigenvalue weighted by atomic mass is 16.6. The number of aliphatic hydroxyl groups is 4. The van der Waals surface area contributed by atoms with Gasteiger partial charge in [0.1, 0.15) is 18.3 Å². The van der Waals surface area contributed by atoms with Gasteiger partial charge in [-0.15, -0.1) is 0 Å². The van der Waals surface area contributed by atoms with Crippen LogP contribution in [0.2, 0.25) is 0 Å². The standard InChI is InChI=1S/C13H20N2O7/c1-7(17)2-4-13(11(20)10(19)8(6-16)22-13)15-5-3-9(18)14-12(15)21/h3,5,7-8,10-11,16-17,19-20H,2,4,6H2,1H3,(H,14,18,21)/t7?,8-,10-,11-,13-/m1/s1. The predicted octanol–water partition coefficient (Wildman–Crippen LogP) is -2.54. The van der Waals surface area contributed by atoms with Crippen LogP contribution in [0.3, 0.4) is 0 Å². The minimum Gasteiger partial charge on any atom is -0.394 e. The minimum absolute atomic E-state index is 0.00530. The van der Waals surface area contributed by atoms with Gasteiger partial charge in [-0.3, -0.25) is 14.3 Å². The lowest BCUT2D eigenvalue weighted by molar-refractivity contribution is -0.158. The van der Waals surface area contributed by atoms with E-state index >= 15 is 0 Å². The fourth-order valence-corrected chi connectivity index (χ4v) is 2.67. The van der Waals surface area contributed by atoms with Crippen molar-refractivity contribution in [3.63, 3.8) is 0 Å². The Bertz CT molecular complexity index is 625. The second kappa shape index (κ2) is 6.31. The van der Waals surface area contributed by atoms with E-state index in [1.54, 1.807) is 0 Å². The Hall–Kier alpha value is -1.52. The summed E-state index contributed by atoms with van der Waals surface area (Å²) in [5.74, 6) is 0. The molecule has 1 aliphatic heterocycles. The van der Waals surface area contributed by atoms with Gasteiger partial charge in [0.25, 0.3) is 5.56 Å². The van der Waals surface area contributed by atoms with E-state index in [1.807, 2.05) is 0 Å². The van der Waals surface area contributed by atoms with Crippen LogP contribution in [0.1, 0.15) is 19.8 Å². The molecule has 1 fully saturated rings. The second-order valence-electron chi connectivity index (χ2n) is 5.49. The summed E-state index contributed by atoms with van der Waals surface area (Å²) < 4.78 is 6.53. The Morgan fingerprint density at radius 2 is 2.14 bits per heavy atom. The highest BCUT2D eigenvalue weighted by molar-refractivity contribution is 5.01. The Labute approximate surface area is 125 Å². The average molecular weight is 316 g/mol. The van der Waals surface area contributed by atoms with Crippen molar-refractivity contribution in [2.75, 3.05) is 6.61 Å². The van der Waals surface area contributed by atoms with Gasteiger partial charge in [-0.05, 0) is 13.3 Å². The number of H-pyrrole nitrogens is 1. The zero-order valence-electron chi connectivity index (χ0n) is 12.0. The molecule has 2 heterocycles. The molecule has 0 aromatic carbocycles. The molecule has 1 aliphatic rings. The number of hydrogen-bond acceptors (Lipinski definition) is 7. The maximum atomic E-state index is 12.0. The minimum atomic E-state index is -1.68. The van der Waals surface area contributed by atoms with Crippen LogP contribution in [0.5, 0.6) is 0 Å². The summed E-state index contributed by atoms with van der Waals surface area (Å²) in [6.45, 7) is 0.984. The van der Waals surface area contributed by atoms with Crippen LogP contribution in [0.15, 0.2) is 21.9 Å². The summed E-state index contributed by atoms with van der Waals surface area (Å²) in [6.07, 6.45) is -3.39. The van der Waals surface area contributed by atoms with E-state index in [4.69, 9.17) is 4.74 Å². The molecular weight excluding hydrogens is 296 g/mol. The number of aliphatic hydroxyl groups excluding tert-OH is 4. The molecule has 0 spiro atoms. The number of hydrogen-bond donors (Lipinski definition) is 5. The smallest absolute Gasteiger partial charge is 0.330 e. The molecule has 9 heteroatoms. The van der Waals surface area contributed by atoms with Gasteiger partial charge in [0.2, 0.25) is 0 Å². The first-order valence-electron chi connectivity index (χ1n) is 6.97. The van der Waals surface area contributed by atoms with E-state index in [1.165, 1.54) is 6.92 Å². The molecule has 0 radical (unpaired) electrons. The van der Waals surface area contributed by atoms with Crippen molar-refractivity contribution in [3.8, 4) is 0 Å². The lowest BCUT2D eigenvalue weighted by Crippen LogP contribution is -2.51. The molecule has 5 atom stereocenters. The summed E-state index contributed by atoms with van der Waals surface area (Å²) in [5, 5.41) is 39.0. The van der Waals surface area contributed by atoms with E-state index in [9.17, 15) is 30.0 Å². The van der Waals surface area contributed by atoms with Crippen LogP contribution < -0.4 is 11.2 Å². The lowest BCUT2D eigenvalue weighted by atomic mass is 9.96. The first-order chi connectivity index (χ1) is 10.3. The third-order valence-corrected chi connectivity index (χ3v) is 3.85. The van der Waals surface area contributed by atoms with Crippen LogP contribution in [-0.4, -0.2) is 61.0 Å². The molecule has 0 bridgehead atoms. The number of ether oxygens (including phenoxy) is 1. The van der Waals surface area contributed by atoms with Crippen molar-refractivity contribution in [1.82, 2.24) is 9.55 Å². The molecular formula is C13H20N2O7. The van der Waals surface area contributed by atoms with Gasteiger partial charge in [-0.1, -0.05) is 0 Å². The number of aromatic amines is 1. The highest BCUT2D eigenvalue weighted by Gasteiger charge is 2.55. The molecule has 124 valence electrons. The number of nitrogens with zero attached hydrogens (tertiary/aromatic N) is 1. The van der Waals surface area contributed by atoms with Gasteiger partial charge in [-0.25, -0.2) is 4.79 Å². The molecule has 0 saturated carbocycles. The zero-order valence-corrected chi connectivity index (χ0v) is 12.0. The van der Waals surface area contributed by atoms with Crippen molar-refractivity contribution in [3.05, 3.63) is 33.1 Å². The average Bonchev–Trinajstić information content (AvgIpc) is 2.70. The molecule has 1 aromatic heterocycles. The van der Waals surface area contributed by atoms with Crippen LogP contribution >= 0.6 is 0 Å². The molecule has 9 nitrogen and oxygen atoms in total. The van der Waals surface area contributed by atoms with Crippen molar-refractivity contribution in [1.29, 1.82) is 0 Å². The number of rotatable bonds is 5. The van der Waals surface area contributed by atoms with Gasteiger partial charge < -0.3 is 25.2 Å². The molecule has 2 rings (SSSR count). The van der Waals surface area contributed by atoms with Crippen molar-refractivity contribution in [2.45, 2.75) is 49.9 Å². The summed E-state index contributed by atoms with van der Waals surface area (Å²) >= 11 is 0. The second-order valence-corrected chi connectivity index (χ2v) is 5.49. The maximum Gasteiger partial charge on any atom is 0.330 e. The topological polar surface area (TPSA) is 145 Å². The predicted molar refractivity (Wildman–Crippen MR) is 74.2 cm³/mol. The molecule has 5 N–H and O–H groups in total. The Morgan fingerprint density at radius 3 is 2.64 bits per heavy atom. The molecule has 0 aliphatic carbocycles. The molecule has 1 aromatic rings. The first kappa shape index (κ1) is 16.8. The molecule has 22 heavy (non-hydrogen) atoms. The van der Waals surface area contributed by atoms with Crippen LogP contribution in [0.4, 0.5) is 0 Å². The fraction of sp³-hybridized carbons (Fsp3) is 0.692. The van der Waals surface area contributed by atoms with Crippen molar-refractivity contribution < 1.29 is 25.2 Å². The largest absolute Gasteiger partial charge is 0.394 e. The lowest BCUT2D eigenvalue weighted by Gasteiger charge is -2.34. The van der Waals surface area contributed by atoms with E-state index < -0.39 is 48.0 Å². The van der Waals surface area contributed by atoms with Crippen LogP contribution in [0.25, 0.3) is 0 Å². The maximum absolute atomic E-state index is 12.0. The number of aromatic nitrogens is 2. The van der Waals surface area contributed by atoms with Crippen molar-refractivity contribution >= 4 is 0 Å². The third kappa shape index (κ3) is 2.85. The fourth-order valence-electron chi connectivity index (χ4n) is 2.67. The summed E-state index contributed by atoms with van der Waals surface area (Å²) in [5.41, 5.74) is -3.10. The third-order valence-electron chi connectivity index (χ3n) is 3.85. The first-order valence-corrected chi connectivity index (χ1v) is 6.97. The Morgan fingerprint density at radius 1 is 1.45 bits per heavy atom. The van der Waals surface area contributed by atoms with E-state index in [2.05, 4.69) is 4.98 Å². The Kier molecular flexibility index (Phi) is 4.83. The quantitative estimate of drug-likeness (QED) is 0.402. The van der Waals surface area contributed by atoms with Gasteiger partial charge in [0.05, 0.1) is 12.7 Å². The van der Waals surface area contributed by atoms with E-state index in [0.717, 1.165) is 16.8 Å². The van der Waals surface area contributed by atoms with Crippen molar-refractivity contribution in [2.24, 2.45) is 0 Å². The molecule has 0 amide bonds. The van der Waals surface area contributed by atoms with E-state index in [0.29, 0.717) is 0 Å². The summed E-state index contributed by atoms with van der Waals surface area (Å²) in [6, 6.07) is 1.08. The van der Waals surface area contributed by atoms with Gasteiger partial charge in [-0.2, -0.15) is 0 Å². The van der Waals surface area contributed by atoms with Gasteiger partial charge in [0.15, 0.2) is 5.72 Å². The summed E-state index contributed by atoms with van der Waals surface area (Å²) in [7, 11) is 0. The molecule has 1 unspecified atom stereocenters. The SMILES string of the molecule is CC(O)CC[C@@]1(n2ccc(=O)[nH]c2=O)O[C@H](CO)[C@@H](O)[C@H]1O. The summed E-state index contributed by atoms with van der Waals surface area (Å²) in [4.78, 5) is 25.3. The highest BCUT2D eigenvalue weighted by Crippen LogP contribution is 2.38. The van der Waals surface area contributed by atoms with E-state index in [-0.39, 0.29) is 12.8 Å². The number of nitrogens with one attached hydrogen (secondary N) is 1. The monoisotopic (exact) mass is 316 g/mol.